The molecule has 1 N–H and O–H groups in total. The third-order valence-corrected chi connectivity index (χ3v) is 4.63. The second-order valence-electron chi connectivity index (χ2n) is 6.87. The van der Waals surface area contributed by atoms with Gasteiger partial charge < -0.3 is 24.1 Å². The van der Waals surface area contributed by atoms with E-state index >= 15 is 0 Å². The SMILES string of the molecule is CN(CCOc1ccc(F)cc1)C(=NCC1CCOC1)NCCc1ccco1. The van der Waals surface area contributed by atoms with Gasteiger partial charge in [-0.1, -0.05) is 0 Å². The number of ether oxygens (including phenoxy) is 2. The molecular weight excluding hydrogens is 361 g/mol. The largest absolute Gasteiger partial charge is 0.492 e. The lowest BCUT2D eigenvalue weighted by Crippen LogP contribution is -2.42. The number of nitrogens with zero attached hydrogens (tertiary/aromatic N) is 2. The highest BCUT2D eigenvalue weighted by Gasteiger charge is 2.16. The van der Waals surface area contributed by atoms with Crippen LogP contribution < -0.4 is 10.1 Å². The minimum atomic E-state index is -0.268. The lowest BCUT2D eigenvalue weighted by atomic mass is 10.1. The van der Waals surface area contributed by atoms with Crippen molar-refractivity contribution in [3.8, 4) is 5.75 Å². The van der Waals surface area contributed by atoms with Crippen LogP contribution in [0.15, 0.2) is 52.1 Å². The molecule has 2 aromatic rings. The Morgan fingerprint density at radius 3 is 2.89 bits per heavy atom. The van der Waals surface area contributed by atoms with Gasteiger partial charge in [-0.15, -0.1) is 0 Å². The number of guanidine groups is 1. The van der Waals surface area contributed by atoms with E-state index in [2.05, 4.69) is 5.32 Å². The van der Waals surface area contributed by atoms with Crippen molar-refractivity contribution in [2.24, 2.45) is 10.9 Å². The summed E-state index contributed by atoms with van der Waals surface area (Å²) in [6.45, 7) is 4.21. The summed E-state index contributed by atoms with van der Waals surface area (Å²) >= 11 is 0. The molecule has 1 aromatic carbocycles. The van der Waals surface area contributed by atoms with E-state index in [4.69, 9.17) is 18.9 Å². The van der Waals surface area contributed by atoms with E-state index < -0.39 is 0 Å². The van der Waals surface area contributed by atoms with Crippen LogP contribution in [0.25, 0.3) is 0 Å². The van der Waals surface area contributed by atoms with Gasteiger partial charge in [0.1, 0.15) is 23.9 Å². The van der Waals surface area contributed by atoms with Crippen LogP contribution in [0.3, 0.4) is 0 Å². The molecule has 0 aliphatic carbocycles. The van der Waals surface area contributed by atoms with Crippen molar-refractivity contribution in [1.29, 1.82) is 0 Å². The van der Waals surface area contributed by atoms with E-state index in [0.717, 1.165) is 50.9 Å². The number of furan rings is 1. The van der Waals surface area contributed by atoms with Crippen molar-refractivity contribution >= 4 is 5.96 Å². The van der Waals surface area contributed by atoms with Crippen LogP contribution in [-0.4, -0.2) is 57.4 Å². The molecule has 0 radical (unpaired) electrons. The van der Waals surface area contributed by atoms with Crippen LogP contribution in [0.5, 0.6) is 5.75 Å². The molecule has 3 rings (SSSR count). The predicted octanol–water partition coefficient (Wildman–Crippen LogP) is 2.95. The molecule has 0 spiro atoms. The maximum absolute atomic E-state index is 13.0. The van der Waals surface area contributed by atoms with Crippen molar-refractivity contribution in [3.63, 3.8) is 0 Å². The Morgan fingerprint density at radius 2 is 2.18 bits per heavy atom. The molecule has 1 aliphatic rings. The van der Waals surface area contributed by atoms with Crippen LogP contribution in [0.1, 0.15) is 12.2 Å². The Hall–Kier alpha value is -2.54. The second kappa shape index (κ2) is 10.7. The molecule has 0 saturated carbocycles. The van der Waals surface area contributed by atoms with Crippen LogP contribution in [0.2, 0.25) is 0 Å². The van der Waals surface area contributed by atoms with Gasteiger partial charge in [-0.3, -0.25) is 4.99 Å². The molecule has 28 heavy (non-hydrogen) atoms. The van der Waals surface area contributed by atoms with Gasteiger partial charge in [-0.2, -0.15) is 0 Å². The maximum Gasteiger partial charge on any atom is 0.193 e. The number of benzene rings is 1. The molecular formula is C21H28FN3O3. The molecule has 1 atom stereocenters. The van der Waals surface area contributed by atoms with Crippen molar-refractivity contribution in [3.05, 3.63) is 54.2 Å². The topological polar surface area (TPSA) is 59.2 Å². The fourth-order valence-electron chi connectivity index (χ4n) is 2.94. The number of aliphatic imine (C=N–C) groups is 1. The van der Waals surface area contributed by atoms with Crippen LogP contribution in [-0.2, 0) is 11.2 Å². The number of hydrogen-bond acceptors (Lipinski definition) is 4. The number of likely N-dealkylation sites (N-methyl/N-ethyl adjacent to an activating group) is 1. The second-order valence-corrected chi connectivity index (χ2v) is 6.87. The number of nitrogens with one attached hydrogen (secondary N) is 1. The third kappa shape index (κ3) is 6.56. The summed E-state index contributed by atoms with van der Waals surface area (Å²) in [7, 11) is 1.98. The van der Waals surface area contributed by atoms with E-state index in [1.807, 2.05) is 24.1 Å². The molecule has 1 aromatic heterocycles. The maximum atomic E-state index is 13.0. The lowest BCUT2D eigenvalue weighted by molar-refractivity contribution is 0.187. The normalized spacial score (nSPS) is 16.9. The first kappa shape index (κ1) is 20.2. The monoisotopic (exact) mass is 389 g/mol. The molecule has 0 amide bonds. The smallest absolute Gasteiger partial charge is 0.193 e. The van der Waals surface area contributed by atoms with Gasteiger partial charge in [-0.25, -0.2) is 4.39 Å². The van der Waals surface area contributed by atoms with Gasteiger partial charge in [0.05, 0.1) is 19.4 Å². The van der Waals surface area contributed by atoms with Gasteiger partial charge in [0.25, 0.3) is 0 Å². The first-order valence-electron chi connectivity index (χ1n) is 9.68. The van der Waals surface area contributed by atoms with Crippen LogP contribution >= 0.6 is 0 Å². The van der Waals surface area contributed by atoms with E-state index in [1.54, 1.807) is 18.4 Å². The minimum absolute atomic E-state index is 0.268. The molecule has 1 fully saturated rings. The summed E-state index contributed by atoms with van der Waals surface area (Å²) < 4.78 is 29.5. The lowest BCUT2D eigenvalue weighted by Gasteiger charge is -2.23. The van der Waals surface area contributed by atoms with Gasteiger partial charge >= 0.3 is 0 Å². The average Bonchev–Trinajstić information content (AvgIpc) is 3.40. The highest BCUT2D eigenvalue weighted by molar-refractivity contribution is 5.79. The summed E-state index contributed by atoms with van der Waals surface area (Å²) in [5, 5.41) is 3.41. The third-order valence-electron chi connectivity index (χ3n) is 4.63. The zero-order valence-electron chi connectivity index (χ0n) is 16.3. The number of rotatable bonds is 9. The highest BCUT2D eigenvalue weighted by Crippen LogP contribution is 2.13. The molecule has 152 valence electrons. The van der Waals surface area contributed by atoms with E-state index in [9.17, 15) is 4.39 Å². The summed E-state index contributed by atoms with van der Waals surface area (Å²) in [4.78, 5) is 6.82. The fourth-order valence-corrected chi connectivity index (χ4v) is 2.94. The first-order valence-corrected chi connectivity index (χ1v) is 9.68. The van der Waals surface area contributed by atoms with Crippen molar-refractivity contribution < 1.29 is 18.3 Å². The number of halogens is 1. The predicted molar refractivity (Wildman–Crippen MR) is 106 cm³/mol. The van der Waals surface area contributed by atoms with Crippen LogP contribution in [0.4, 0.5) is 4.39 Å². The zero-order valence-corrected chi connectivity index (χ0v) is 16.3. The quantitative estimate of drug-likeness (QED) is 0.528. The van der Waals surface area contributed by atoms with Crippen molar-refractivity contribution in [2.75, 3.05) is 46.5 Å². The Bertz CT molecular complexity index is 713. The molecule has 1 aliphatic heterocycles. The highest BCUT2D eigenvalue weighted by atomic mass is 19.1. The zero-order chi connectivity index (χ0) is 19.6. The summed E-state index contributed by atoms with van der Waals surface area (Å²) in [6.07, 6.45) is 3.53. The van der Waals surface area contributed by atoms with Gasteiger partial charge in [0.15, 0.2) is 5.96 Å². The molecule has 2 heterocycles. The van der Waals surface area contributed by atoms with E-state index in [1.165, 1.54) is 12.1 Å². The minimum Gasteiger partial charge on any atom is -0.492 e. The standard InChI is InChI=1S/C21H28FN3O3/c1-25(11-14-28-20-6-4-18(22)5-7-20)21(24-15-17-9-13-26-16-17)23-10-8-19-3-2-12-27-19/h2-7,12,17H,8-11,13-16H2,1H3,(H,23,24). The average molecular weight is 389 g/mol. The van der Waals surface area contributed by atoms with Crippen molar-refractivity contribution in [2.45, 2.75) is 12.8 Å². The van der Waals surface area contributed by atoms with E-state index in [0.29, 0.717) is 24.8 Å². The summed E-state index contributed by atoms with van der Waals surface area (Å²) in [5.74, 6) is 2.64. The molecule has 1 unspecified atom stereocenters. The molecule has 6 nitrogen and oxygen atoms in total. The van der Waals surface area contributed by atoms with Gasteiger partial charge in [-0.05, 0) is 42.8 Å². The Morgan fingerprint density at radius 1 is 1.32 bits per heavy atom. The molecule has 7 heteroatoms. The Labute approximate surface area is 165 Å². The van der Waals surface area contributed by atoms with Gasteiger partial charge in [0, 0.05) is 39.1 Å². The van der Waals surface area contributed by atoms with Gasteiger partial charge in [0.2, 0.25) is 0 Å². The summed E-state index contributed by atoms with van der Waals surface area (Å²) in [6, 6.07) is 9.91. The fraction of sp³-hybridized carbons (Fsp3) is 0.476. The summed E-state index contributed by atoms with van der Waals surface area (Å²) in [5.41, 5.74) is 0. The number of hydrogen-bond donors (Lipinski definition) is 1. The molecule has 1 saturated heterocycles. The van der Waals surface area contributed by atoms with Crippen molar-refractivity contribution in [1.82, 2.24) is 10.2 Å². The van der Waals surface area contributed by atoms with Crippen LogP contribution in [0, 0.1) is 11.7 Å². The molecule has 0 bridgehead atoms. The van der Waals surface area contributed by atoms with E-state index in [-0.39, 0.29) is 5.82 Å². The Kier molecular flexibility index (Phi) is 7.72. The Balaban J connectivity index is 1.49. The first-order chi connectivity index (χ1) is 13.7.